The number of sulfonamides is 1. The summed E-state index contributed by atoms with van der Waals surface area (Å²) in [7, 11) is -3.50. The van der Waals surface area contributed by atoms with E-state index in [-0.39, 0.29) is 28.3 Å². The highest BCUT2D eigenvalue weighted by molar-refractivity contribution is 7.92. The minimum absolute atomic E-state index is 0.0184. The number of carbonyl (C=O) groups is 2. The van der Waals surface area contributed by atoms with E-state index in [0.29, 0.717) is 50.9 Å². The van der Waals surface area contributed by atoms with Crippen molar-refractivity contribution in [2.24, 2.45) is 0 Å². The van der Waals surface area contributed by atoms with Crippen LogP contribution < -0.4 is 25.0 Å². The number of anilines is 1. The standard InChI is InChI=1S/C37H26F4N4O6S.C7H8BFO3/c1-51-35-27(4-2-6-28(35)38)26-12-9-22(25-5-3-14-43-34(25)26)16-31(37(47)48)44-36(46)33-29(39)18-23(19-30(33)40)45-52(49,50)24-10-7-20(8-11-24)21-13-15-42-32(41)17-21;1-12-7-5(8(10)11)3-2-4-6(7)9/h2-15,17-19,31,45H,16H2,1H3,(H,44,46)(H,47,48);2-4,10-11H,1H3/t31-;/m0./s1. The summed E-state index contributed by atoms with van der Waals surface area (Å²) in [6.07, 6.45) is 2.41. The molecule has 5 aromatic carbocycles. The highest BCUT2D eigenvalue weighted by Crippen LogP contribution is 2.37. The first-order valence-electron chi connectivity index (χ1n) is 18.7. The molecule has 0 aliphatic carbocycles. The molecule has 0 fully saturated rings. The number of para-hydroxylation sites is 2. The second kappa shape index (κ2) is 19.7. The molecular formula is C44H34BF5N4O9S. The number of nitrogens with one attached hydrogen (secondary N) is 2. The van der Waals surface area contributed by atoms with Gasteiger partial charge in [-0.2, -0.15) is 4.39 Å². The number of carbonyl (C=O) groups excluding carboxylic acids is 1. The first kappa shape index (κ1) is 46.1. The summed E-state index contributed by atoms with van der Waals surface area (Å²) in [5.74, 6) is -7.91. The van der Waals surface area contributed by atoms with Gasteiger partial charge in [0.1, 0.15) is 23.2 Å². The molecule has 7 rings (SSSR count). The highest BCUT2D eigenvalue weighted by Gasteiger charge is 2.28. The molecule has 1 amide bonds. The maximum absolute atomic E-state index is 15.2. The number of nitrogens with zero attached hydrogens (tertiary/aromatic N) is 2. The number of methoxy groups -OCH3 is 2. The number of hydrogen-bond acceptors (Lipinski definition) is 10. The second-order valence-electron chi connectivity index (χ2n) is 13.6. The number of aliphatic carboxylic acids is 1. The van der Waals surface area contributed by atoms with Gasteiger partial charge in [0.25, 0.3) is 15.9 Å². The fourth-order valence-corrected chi connectivity index (χ4v) is 7.66. The summed E-state index contributed by atoms with van der Waals surface area (Å²) < 4.78 is 109. The van der Waals surface area contributed by atoms with Gasteiger partial charge in [-0.25, -0.2) is 35.8 Å². The van der Waals surface area contributed by atoms with Crippen molar-refractivity contribution in [3.63, 3.8) is 0 Å². The van der Waals surface area contributed by atoms with Crippen LogP contribution in [0, 0.1) is 29.2 Å². The van der Waals surface area contributed by atoms with Gasteiger partial charge >= 0.3 is 13.1 Å². The zero-order valence-electron chi connectivity index (χ0n) is 33.4. The zero-order chi connectivity index (χ0) is 46.3. The van der Waals surface area contributed by atoms with Crippen LogP contribution in [0.2, 0.25) is 0 Å². The van der Waals surface area contributed by atoms with Crippen molar-refractivity contribution < 1.29 is 64.6 Å². The lowest BCUT2D eigenvalue weighted by Gasteiger charge is -2.18. The third kappa shape index (κ3) is 10.3. The van der Waals surface area contributed by atoms with Gasteiger partial charge in [0, 0.05) is 46.9 Å². The molecular weight excluding hydrogens is 866 g/mol. The van der Waals surface area contributed by atoms with Crippen molar-refractivity contribution in [2.45, 2.75) is 17.4 Å². The molecule has 0 saturated carbocycles. The lowest BCUT2D eigenvalue weighted by Crippen LogP contribution is -2.43. The third-order valence-corrected chi connectivity index (χ3v) is 11.0. The lowest BCUT2D eigenvalue weighted by molar-refractivity contribution is -0.139. The minimum Gasteiger partial charge on any atom is -0.494 e. The predicted molar refractivity (Wildman–Crippen MR) is 226 cm³/mol. The van der Waals surface area contributed by atoms with Gasteiger partial charge in [-0.15, -0.1) is 0 Å². The van der Waals surface area contributed by atoms with Crippen molar-refractivity contribution in [1.82, 2.24) is 15.3 Å². The van der Waals surface area contributed by atoms with Crippen molar-refractivity contribution >= 4 is 51.1 Å². The molecule has 7 aromatic rings. The smallest absolute Gasteiger partial charge is 0.492 e. The Hall–Kier alpha value is -7.42. The Bertz CT molecular complexity index is 2960. The third-order valence-electron chi connectivity index (χ3n) is 9.57. The zero-order valence-corrected chi connectivity index (χ0v) is 34.2. The van der Waals surface area contributed by atoms with Gasteiger partial charge < -0.3 is 29.9 Å². The predicted octanol–water partition coefficient (Wildman–Crippen LogP) is 6.27. The number of benzene rings is 5. The van der Waals surface area contributed by atoms with E-state index >= 15 is 8.78 Å². The van der Waals surface area contributed by atoms with E-state index in [2.05, 4.69) is 20.0 Å². The molecule has 0 radical (unpaired) electrons. The summed E-state index contributed by atoms with van der Waals surface area (Å²) in [4.78, 5) is 33.0. The van der Waals surface area contributed by atoms with Crippen molar-refractivity contribution in [2.75, 3.05) is 18.9 Å². The van der Waals surface area contributed by atoms with Gasteiger partial charge in [-0.05, 0) is 65.2 Å². The Kier molecular flexibility index (Phi) is 14.2. The monoisotopic (exact) mass is 900 g/mol. The number of fused-ring (bicyclic) bond motifs is 1. The van der Waals surface area contributed by atoms with Crippen LogP contribution in [0.25, 0.3) is 33.2 Å². The Morgan fingerprint density at radius 1 is 0.719 bits per heavy atom. The van der Waals surface area contributed by atoms with Crippen LogP contribution in [0.3, 0.4) is 0 Å². The number of rotatable bonds is 13. The van der Waals surface area contributed by atoms with Crippen molar-refractivity contribution in [1.29, 1.82) is 0 Å². The van der Waals surface area contributed by atoms with Crippen LogP contribution in [0.1, 0.15) is 15.9 Å². The highest BCUT2D eigenvalue weighted by atomic mass is 32.2. The van der Waals surface area contributed by atoms with Crippen LogP contribution in [-0.2, 0) is 21.2 Å². The van der Waals surface area contributed by atoms with E-state index in [9.17, 15) is 36.3 Å². The molecule has 5 N–H and O–H groups in total. The van der Waals surface area contributed by atoms with Crippen molar-refractivity contribution in [3.05, 3.63) is 162 Å². The van der Waals surface area contributed by atoms with E-state index < -0.39 is 75.5 Å². The Balaban J connectivity index is 0.000000491. The molecule has 20 heteroatoms. The normalized spacial score (nSPS) is 11.5. The Morgan fingerprint density at radius 2 is 1.38 bits per heavy atom. The van der Waals surface area contributed by atoms with Crippen LogP contribution in [0.5, 0.6) is 11.5 Å². The van der Waals surface area contributed by atoms with Crippen molar-refractivity contribution in [3.8, 4) is 33.8 Å². The number of carboxylic acids is 1. The molecule has 2 aromatic heterocycles. The summed E-state index contributed by atoms with van der Waals surface area (Å²) in [6.45, 7) is 0. The van der Waals surface area contributed by atoms with E-state index in [1.807, 2.05) is 4.72 Å². The van der Waals surface area contributed by atoms with E-state index in [1.54, 1.807) is 30.3 Å². The fourth-order valence-electron chi connectivity index (χ4n) is 6.62. The molecule has 13 nitrogen and oxygen atoms in total. The average molecular weight is 901 g/mol. The van der Waals surface area contributed by atoms with Gasteiger partial charge in [-0.1, -0.05) is 54.6 Å². The molecule has 0 aliphatic heterocycles. The number of pyridine rings is 2. The number of ether oxygens (including phenoxy) is 2. The van der Waals surface area contributed by atoms with Gasteiger partial charge in [0.2, 0.25) is 5.95 Å². The maximum atomic E-state index is 15.2. The first-order valence-corrected chi connectivity index (χ1v) is 20.2. The summed E-state index contributed by atoms with van der Waals surface area (Å²) >= 11 is 0. The molecule has 0 saturated heterocycles. The number of hydrogen-bond donors (Lipinski definition) is 5. The van der Waals surface area contributed by atoms with Crippen LogP contribution >= 0.6 is 0 Å². The lowest BCUT2D eigenvalue weighted by atomic mass is 9.79. The molecule has 0 bridgehead atoms. The summed E-state index contributed by atoms with van der Waals surface area (Å²) in [5, 5.41) is 30.1. The number of amides is 1. The SMILES string of the molecule is COc1c(F)cccc1-c1ccc(C[C@H](NC(=O)c2c(F)cc(NS(=O)(=O)c3ccc(-c4ccnc(F)c4)cc3)cc2F)C(=O)O)c2cccnc12.COc1c(F)cccc1B(O)O. The topological polar surface area (TPSA) is 197 Å². The average Bonchev–Trinajstić information content (AvgIpc) is 3.26. The molecule has 2 heterocycles. The molecule has 64 heavy (non-hydrogen) atoms. The van der Waals surface area contributed by atoms with Crippen LogP contribution in [0.4, 0.5) is 27.6 Å². The quantitative estimate of drug-likeness (QED) is 0.0497. The maximum Gasteiger partial charge on any atom is 0.492 e. The van der Waals surface area contributed by atoms with Crippen LogP contribution in [0.15, 0.2) is 126 Å². The number of carboxylic acid groups (broad SMARTS) is 1. The van der Waals surface area contributed by atoms with E-state index in [1.165, 1.54) is 87.3 Å². The summed E-state index contributed by atoms with van der Waals surface area (Å²) in [6, 6.07) is 22.2. The minimum atomic E-state index is -4.38. The molecule has 1 atom stereocenters. The summed E-state index contributed by atoms with van der Waals surface area (Å²) in [5.41, 5.74) is 0.948. The fraction of sp³-hybridized carbons (Fsp3) is 0.0909. The molecule has 0 unspecified atom stereocenters. The van der Waals surface area contributed by atoms with Gasteiger partial charge in [-0.3, -0.25) is 14.5 Å². The molecule has 0 spiro atoms. The molecule has 328 valence electrons. The number of aromatic nitrogens is 2. The Morgan fingerprint density at radius 3 is 1.98 bits per heavy atom. The largest absolute Gasteiger partial charge is 0.494 e. The van der Waals surface area contributed by atoms with Gasteiger partial charge in [0.05, 0.1) is 30.3 Å². The molecule has 0 aliphatic rings. The van der Waals surface area contributed by atoms with Crippen LogP contribution in [-0.4, -0.2) is 72.8 Å². The Labute approximate surface area is 362 Å². The number of halogens is 5. The van der Waals surface area contributed by atoms with E-state index in [4.69, 9.17) is 14.8 Å². The first-order chi connectivity index (χ1) is 30.5. The second-order valence-corrected chi connectivity index (χ2v) is 15.3. The van der Waals surface area contributed by atoms with Gasteiger partial charge in [0.15, 0.2) is 23.1 Å². The van der Waals surface area contributed by atoms with E-state index in [0.717, 1.165) is 6.07 Å².